The van der Waals surface area contributed by atoms with Gasteiger partial charge in [-0.1, -0.05) is 19.8 Å². The van der Waals surface area contributed by atoms with Gasteiger partial charge < -0.3 is 16.0 Å². The number of carbonyl (C=O) groups is 1. The third-order valence-electron chi connectivity index (χ3n) is 3.45. The van der Waals surface area contributed by atoms with E-state index >= 15 is 0 Å². The van der Waals surface area contributed by atoms with Gasteiger partial charge in [-0.25, -0.2) is 4.79 Å². The first-order chi connectivity index (χ1) is 8.24. The van der Waals surface area contributed by atoms with Gasteiger partial charge in [0.2, 0.25) is 0 Å². The molecule has 0 saturated carbocycles. The fourth-order valence-electron chi connectivity index (χ4n) is 2.15. The van der Waals surface area contributed by atoms with Gasteiger partial charge in [-0.3, -0.25) is 0 Å². The maximum absolute atomic E-state index is 11.9. The van der Waals surface area contributed by atoms with Crippen LogP contribution in [-0.4, -0.2) is 37.1 Å². The van der Waals surface area contributed by atoms with E-state index in [1.54, 1.807) is 0 Å². The van der Waals surface area contributed by atoms with Gasteiger partial charge in [-0.2, -0.15) is 0 Å². The predicted molar refractivity (Wildman–Crippen MR) is 70.9 cm³/mol. The summed E-state index contributed by atoms with van der Waals surface area (Å²) >= 11 is 0. The van der Waals surface area contributed by atoms with Gasteiger partial charge >= 0.3 is 6.03 Å². The molecule has 4 heteroatoms. The highest BCUT2D eigenvalue weighted by Gasteiger charge is 2.14. The minimum atomic E-state index is 0.118. The first kappa shape index (κ1) is 14.3. The average molecular weight is 241 g/mol. The largest absolute Gasteiger partial charge is 0.338 e. The summed E-state index contributed by atoms with van der Waals surface area (Å²) in [6.45, 7) is 5.51. The summed E-state index contributed by atoms with van der Waals surface area (Å²) in [6, 6.07) is 0.118. The van der Waals surface area contributed by atoms with E-state index in [0.29, 0.717) is 5.92 Å². The van der Waals surface area contributed by atoms with E-state index in [1.807, 2.05) is 4.90 Å². The van der Waals surface area contributed by atoms with Gasteiger partial charge in [-0.15, -0.1) is 0 Å². The fraction of sp³-hybridized carbons (Fsp3) is 0.923. The molecule has 1 aliphatic rings. The van der Waals surface area contributed by atoms with Crippen LogP contribution in [0.2, 0.25) is 0 Å². The van der Waals surface area contributed by atoms with Crippen molar-refractivity contribution in [1.82, 2.24) is 10.2 Å². The summed E-state index contributed by atoms with van der Waals surface area (Å²) in [5.41, 5.74) is 5.55. The highest BCUT2D eigenvalue weighted by Crippen LogP contribution is 2.09. The van der Waals surface area contributed by atoms with Crippen LogP contribution in [0.4, 0.5) is 4.79 Å². The number of likely N-dealkylation sites (tertiary alicyclic amines) is 1. The first-order valence-electron chi connectivity index (χ1n) is 6.97. The maximum atomic E-state index is 11.9. The van der Waals surface area contributed by atoms with Crippen molar-refractivity contribution in [2.75, 3.05) is 26.2 Å². The van der Waals surface area contributed by atoms with Crippen LogP contribution in [0.3, 0.4) is 0 Å². The first-order valence-corrected chi connectivity index (χ1v) is 6.97. The lowest BCUT2D eigenvalue weighted by atomic mass is 10.1. The number of amides is 2. The van der Waals surface area contributed by atoms with Gasteiger partial charge in [-0.05, 0) is 38.1 Å². The van der Waals surface area contributed by atoms with E-state index in [-0.39, 0.29) is 6.03 Å². The summed E-state index contributed by atoms with van der Waals surface area (Å²) in [7, 11) is 0. The molecule has 0 aromatic heterocycles. The summed E-state index contributed by atoms with van der Waals surface area (Å²) in [6.07, 6.45) is 6.94. The molecule has 1 fully saturated rings. The molecular formula is C13H27N3O. The standard InChI is InChI=1S/C13H27N3O/c1-12(11-14)7-6-8-15-13(17)16-9-4-2-3-5-10-16/h12H,2-11,14H2,1H3,(H,15,17). The molecule has 0 radical (unpaired) electrons. The molecule has 1 atom stereocenters. The second kappa shape index (κ2) is 8.34. The molecule has 0 aliphatic carbocycles. The van der Waals surface area contributed by atoms with E-state index in [2.05, 4.69) is 12.2 Å². The van der Waals surface area contributed by atoms with Crippen molar-refractivity contribution >= 4 is 6.03 Å². The Morgan fingerprint density at radius 2 is 1.94 bits per heavy atom. The molecule has 1 heterocycles. The summed E-state index contributed by atoms with van der Waals surface area (Å²) < 4.78 is 0. The third-order valence-corrected chi connectivity index (χ3v) is 3.45. The van der Waals surface area contributed by atoms with Crippen LogP contribution in [0.5, 0.6) is 0 Å². The van der Waals surface area contributed by atoms with Gasteiger partial charge in [0.05, 0.1) is 0 Å². The second-order valence-corrected chi connectivity index (χ2v) is 5.12. The van der Waals surface area contributed by atoms with E-state index in [1.165, 1.54) is 12.8 Å². The van der Waals surface area contributed by atoms with Gasteiger partial charge in [0.1, 0.15) is 0 Å². The SMILES string of the molecule is CC(CN)CCCNC(=O)N1CCCCCC1. The van der Waals surface area contributed by atoms with Crippen molar-refractivity contribution in [3.8, 4) is 0 Å². The summed E-state index contributed by atoms with van der Waals surface area (Å²) in [5.74, 6) is 0.560. The number of nitrogens with one attached hydrogen (secondary N) is 1. The smallest absolute Gasteiger partial charge is 0.317 e. The number of hydrogen-bond donors (Lipinski definition) is 2. The number of rotatable bonds is 5. The maximum Gasteiger partial charge on any atom is 0.317 e. The van der Waals surface area contributed by atoms with E-state index in [9.17, 15) is 4.79 Å². The topological polar surface area (TPSA) is 58.4 Å². The molecular weight excluding hydrogens is 214 g/mol. The molecule has 4 nitrogen and oxygen atoms in total. The van der Waals surface area contributed by atoms with Gasteiger partial charge in [0, 0.05) is 19.6 Å². The Balaban J connectivity index is 2.11. The van der Waals surface area contributed by atoms with Crippen LogP contribution in [0, 0.1) is 5.92 Å². The molecule has 0 spiro atoms. The fourth-order valence-corrected chi connectivity index (χ4v) is 2.15. The number of nitrogens with zero attached hydrogens (tertiary/aromatic N) is 1. The minimum absolute atomic E-state index is 0.118. The van der Waals surface area contributed by atoms with E-state index in [0.717, 1.165) is 51.9 Å². The predicted octanol–water partition coefficient (Wildman–Crippen LogP) is 1.95. The highest BCUT2D eigenvalue weighted by atomic mass is 16.2. The zero-order valence-corrected chi connectivity index (χ0v) is 11.1. The van der Waals surface area contributed by atoms with Gasteiger partial charge in [0.15, 0.2) is 0 Å². The number of nitrogens with two attached hydrogens (primary N) is 1. The third kappa shape index (κ3) is 5.91. The molecule has 3 N–H and O–H groups in total. The van der Waals surface area contributed by atoms with Crippen molar-refractivity contribution < 1.29 is 4.79 Å². The Bertz CT molecular complexity index is 213. The summed E-state index contributed by atoms with van der Waals surface area (Å²) in [5, 5.41) is 3.01. The molecule has 17 heavy (non-hydrogen) atoms. The van der Waals surface area contributed by atoms with Gasteiger partial charge in [0.25, 0.3) is 0 Å². The lowest BCUT2D eigenvalue weighted by molar-refractivity contribution is 0.199. The van der Waals surface area contributed by atoms with Crippen molar-refractivity contribution in [2.45, 2.75) is 45.4 Å². The summed E-state index contributed by atoms with van der Waals surface area (Å²) in [4.78, 5) is 13.8. The monoisotopic (exact) mass is 241 g/mol. The Labute approximate surface area is 105 Å². The quantitative estimate of drug-likeness (QED) is 0.723. The van der Waals surface area contributed by atoms with E-state index in [4.69, 9.17) is 5.73 Å². The molecule has 100 valence electrons. The molecule has 1 rings (SSSR count). The minimum Gasteiger partial charge on any atom is -0.338 e. The molecule has 0 aromatic rings. The molecule has 1 unspecified atom stereocenters. The molecule has 0 bridgehead atoms. The number of carbonyl (C=O) groups excluding carboxylic acids is 1. The molecule has 2 amide bonds. The van der Waals surface area contributed by atoms with Crippen LogP contribution in [-0.2, 0) is 0 Å². The van der Waals surface area contributed by atoms with Crippen LogP contribution in [0.25, 0.3) is 0 Å². The van der Waals surface area contributed by atoms with Crippen molar-refractivity contribution in [3.05, 3.63) is 0 Å². The Kier molecular flexibility index (Phi) is 7.01. The molecule has 1 aliphatic heterocycles. The Morgan fingerprint density at radius 3 is 2.53 bits per heavy atom. The van der Waals surface area contributed by atoms with Crippen LogP contribution >= 0.6 is 0 Å². The average Bonchev–Trinajstić information content (AvgIpc) is 2.62. The zero-order chi connectivity index (χ0) is 12.5. The Morgan fingerprint density at radius 1 is 1.29 bits per heavy atom. The Hall–Kier alpha value is -0.770. The number of urea groups is 1. The van der Waals surface area contributed by atoms with Crippen LogP contribution < -0.4 is 11.1 Å². The van der Waals surface area contributed by atoms with Crippen molar-refractivity contribution in [3.63, 3.8) is 0 Å². The van der Waals surface area contributed by atoms with Crippen molar-refractivity contribution in [2.24, 2.45) is 11.7 Å². The van der Waals surface area contributed by atoms with Crippen LogP contribution in [0.15, 0.2) is 0 Å². The highest BCUT2D eigenvalue weighted by molar-refractivity contribution is 5.74. The van der Waals surface area contributed by atoms with E-state index < -0.39 is 0 Å². The van der Waals surface area contributed by atoms with Crippen molar-refractivity contribution in [1.29, 1.82) is 0 Å². The molecule has 0 aromatic carbocycles. The van der Waals surface area contributed by atoms with Crippen LogP contribution in [0.1, 0.15) is 45.4 Å². The zero-order valence-electron chi connectivity index (χ0n) is 11.1. The second-order valence-electron chi connectivity index (χ2n) is 5.12. The lowest BCUT2D eigenvalue weighted by Gasteiger charge is -2.20. The number of hydrogen-bond acceptors (Lipinski definition) is 2. The molecule has 1 saturated heterocycles. The lowest BCUT2D eigenvalue weighted by Crippen LogP contribution is -2.40. The normalized spacial score (nSPS) is 18.6.